The van der Waals surface area contributed by atoms with Crippen molar-refractivity contribution in [3.8, 4) is 0 Å². The fraction of sp³-hybridized carbons (Fsp3) is 0.346. The fourth-order valence-electron chi connectivity index (χ4n) is 4.33. The zero-order valence-electron chi connectivity index (χ0n) is 18.2. The standard InChI is InChI=1S/C26H30N2O3S/c29-26(27-19-22-9-6-8-21-7-4-5-12-25(21)22)18-15-20-13-16-24(17-14-20)32(30,31)28-23-10-2-1-3-11-23/h4-9,12-14,16-17,23,28H,1-3,10-11,15,18-19H2,(H,27,29). The summed E-state index contributed by atoms with van der Waals surface area (Å²) in [7, 11) is -3.49. The lowest BCUT2D eigenvalue weighted by Crippen LogP contribution is -2.36. The smallest absolute Gasteiger partial charge is 0.240 e. The Morgan fingerprint density at radius 2 is 1.59 bits per heavy atom. The Morgan fingerprint density at radius 1 is 0.875 bits per heavy atom. The van der Waals surface area contributed by atoms with E-state index in [2.05, 4.69) is 28.2 Å². The number of aryl methyl sites for hydroxylation is 1. The highest BCUT2D eigenvalue weighted by Crippen LogP contribution is 2.21. The van der Waals surface area contributed by atoms with Crippen LogP contribution in [-0.2, 0) is 27.8 Å². The van der Waals surface area contributed by atoms with Crippen molar-refractivity contribution in [2.75, 3.05) is 0 Å². The van der Waals surface area contributed by atoms with Crippen molar-refractivity contribution in [2.24, 2.45) is 0 Å². The molecule has 4 rings (SSSR count). The number of rotatable bonds is 8. The second-order valence-electron chi connectivity index (χ2n) is 8.52. The average Bonchev–Trinajstić information content (AvgIpc) is 2.82. The van der Waals surface area contributed by atoms with Crippen LogP contribution in [0.25, 0.3) is 10.8 Å². The van der Waals surface area contributed by atoms with E-state index in [-0.39, 0.29) is 16.8 Å². The van der Waals surface area contributed by atoms with Crippen LogP contribution in [0.2, 0.25) is 0 Å². The maximum atomic E-state index is 12.6. The number of nitrogens with one attached hydrogen (secondary N) is 2. The van der Waals surface area contributed by atoms with Gasteiger partial charge in [-0.3, -0.25) is 4.79 Å². The molecule has 1 fully saturated rings. The molecular weight excluding hydrogens is 420 g/mol. The first kappa shape index (κ1) is 22.5. The summed E-state index contributed by atoms with van der Waals surface area (Å²) in [6.07, 6.45) is 6.08. The van der Waals surface area contributed by atoms with Crippen LogP contribution in [0.15, 0.2) is 71.6 Å². The third-order valence-corrected chi connectivity index (χ3v) is 7.69. The molecule has 1 amide bonds. The van der Waals surface area contributed by atoms with Gasteiger partial charge in [-0.2, -0.15) is 0 Å². The first-order valence-corrected chi connectivity index (χ1v) is 12.8. The van der Waals surface area contributed by atoms with Gasteiger partial charge in [0.15, 0.2) is 0 Å². The number of hydrogen-bond acceptors (Lipinski definition) is 3. The predicted octanol–water partition coefficient (Wildman–Crippen LogP) is 4.70. The van der Waals surface area contributed by atoms with Crippen molar-refractivity contribution < 1.29 is 13.2 Å². The van der Waals surface area contributed by atoms with Crippen LogP contribution in [0.5, 0.6) is 0 Å². The zero-order valence-corrected chi connectivity index (χ0v) is 19.0. The molecule has 168 valence electrons. The molecular formula is C26H30N2O3S. The van der Waals surface area contributed by atoms with E-state index in [0.29, 0.717) is 19.4 Å². The summed E-state index contributed by atoms with van der Waals surface area (Å²) >= 11 is 0. The third-order valence-electron chi connectivity index (χ3n) is 6.16. The van der Waals surface area contributed by atoms with Crippen molar-refractivity contribution in [3.63, 3.8) is 0 Å². The number of amides is 1. The summed E-state index contributed by atoms with van der Waals surface area (Å²) in [6, 6.07) is 21.1. The molecule has 0 saturated heterocycles. The fourth-order valence-corrected chi connectivity index (χ4v) is 5.63. The molecule has 0 unspecified atom stereocenters. The van der Waals surface area contributed by atoms with E-state index in [9.17, 15) is 13.2 Å². The number of benzene rings is 3. The molecule has 0 bridgehead atoms. The number of carbonyl (C=O) groups excluding carboxylic acids is 1. The molecule has 0 aromatic heterocycles. The van der Waals surface area contributed by atoms with Gasteiger partial charge in [-0.25, -0.2) is 13.1 Å². The molecule has 32 heavy (non-hydrogen) atoms. The van der Waals surface area contributed by atoms with E-state index >= 15 is 0 Å². The van der Waals surface area contributed by atoms with Gasteiger partial charge in [0.25, 0.3) is 0 Å². The highest BCUT2D eigenvalue weighted by Gasteiger charge is 2.21. The monoisotopic (exact) mass is 450 g/mol. The van der Waals surface area contributed by atoms with Gasteiger partial charge in [-0.1, -0.05) is 73.9 Å². The van der Waals surface area contributed by atoms with Crippen LogP contribution in [0.3, 0.4) is 0 Å². The maximum absolute atomic E-state index is 12.6. The highest BCUT2D eigenvalue weighted by molar-refractivity contribution is 7.89. The first-order chi connectivity index (χ1) is 15.5. The summed E-state index contributed by atoms with van der Waals surface area (Å²) in [5, 5.41) is 5.30. The van der Waals surface area contributed by atoms with E-state index in [4.69, 9.17) is 0 Å². The molecule has 0 aliphatic heterocycles. The van der Waals surface area contributed by atoms with Crippen LogP contribution in [0.4, 0.5) is 0 Å². The van der Waals surface area contributed by atoms with Crippen LogP contribution < -0.4 is 10.0 Å². The van der Waals surface area contributed by atoms with Gasteiger partial charge in [0.1, 0.15) is 0 Å². The van der Waals surface area contributed by atoms with E-state index in [1.165, 1.54) is 6.42 Å². The number of carbonyl (C=O) groups is 1. The molecule has 0 radical (unpaired) electrons. The van der Waals surface area contributed by atoms with E-state index < -0.39 is 10.0 Å². The van der Waals surface area contributed by atoms with Crippen LogP contribution in [-0.4, -0.2) is 20.4 Å². The number of sulfonamides is 1. The molecule has 6 heteroatoms. The van der Waals surface area contributed by atoms with Crippen LogP contribution in [0, 0.1) is 0 Å². The molecule has 3 aromatic carbocycles. The molecule has 2 N–H and O–H groups in total. The molecule has 5 nitrogen and oxygen atoms in total. The lowest BCUT2D eigenvalue weighted by molar-refractivity contribution is -0.121. The van der Waals surface area contributed by atoms with Gasteiger partial charge in [0, 0.05) is 19.0 Å². The SMILES string of the molecule is O=C(CCc1ccc(S(=O)(=O)NC2CCCCC2)cc1)NCc1cccc2ccccc12. The minimum absolute atomic E-state index is 0.0198. The highest BCUT2D eigenvalue weighted by atomic mass is 32.2. The van der Waals surface area contributed by atoms with Gasteiger partial charge >= 0.3 is 0 Å². The zero-order chi connectivity index (χ0) is 22.4. The summed E-state index contributed by atoms with van der Waals surface area (Å²) in [4.78, 5) is 12.6. The summed E-state index contributed by atoms with van der Waals surface area (Å²) in [5.74, 6) is -0.0198. The van der Waals surface area contributed by atoms with Gasteiger partial charge < -0.3 is 5.32 Å². The Kier molecular flexibility index (Phi) is 7.22. The first-order valence-electron chi connectivity index (χ1n) is 11.4. The molecule has 1 aliphatic carbocycles. The van der Waals surface area contributed by atoms with Crippen molar-refractivity contribution in [1.82, 2.24) is 10.0 Å². The van der Waals surface area contributed by atoms with E-state index in [1.54, 1.807) is 24.3 Å². The second-order valence-corrected chi connectivity index (χ2v) is 10.2. The normalized spacial score (nSPS) is 15.0. The molecule has 0 spiro atoms. The topological polar surface area (TPSA) is 75.3 Å². The lowest BCUT2D eigenvalue weighted by Gasteiger charge is -2.22. The van der Waals surface area contributed by atoms with Crippen molar-refractivity contribution in [2.45, 2.75) is 62.4 Å². The third kappa shape index (κ3) is 5.75. The molecule has 1 aliphatic rings. The van der Waals surface area contributed by atoms with E-state index in [0.717, 1.165) is 47.6 Å². The van der Waals surface area contributed by atoms with Gasteiger partial charge in [0.05, 0.1) is 4.90 Å². The molecule has 3 aromatic rings. The summed E-state index contributed by atoms with van der Waals surface area (Å²) in [6.45, 7) is 0.490. The average molecular weight is 451 g/mol. The van der Waals surface area contributed by atoms with Gasteiger partial charge in [-0.05, 0) is 53.3 Å². The van der Waals surface area contributed by atoms with Gasteiger partial charge in [-0.15, -0.1) is 0 Å². The molecule has 0 atom stereocenters. The maximum Gasteiger partial charge on any atom is 0.240 e. The molecule has 1 saturated carbocycles. The van der Waals surface area contributed by atoms with Crippen molar-refractivity contribution in [3.05, 3.63) is 77.9 Å². The number of fused-ring (bicyclic) bond motifs is 1. The molecule has 0 heterocycles. The summed E-state index contributed by atoms with van der Waals surface area (Å²) in [5.41, 5.74) is 2.04. The Bertz CT molecular complexity index is 1160. The van der Waals surface area contributed by atoms with Crippen molar-refractivity contribution >= 4 is 26.7 Å². The minimum Gasteiger partial charge on any atom is -0.352 e. The van der Waals surface area contributed by atoms with Gasteiger partial charge in [0.2, 0.25) is 15.9 Å². The van der Waals surface area contributed by atoms with Crippen molar-refractivity contribution in [1.29, 1.82) is 0 Å². The Hall–Kier alpha value is -2.70. The largest absolute Gasteiger partial charge is 0.352 e. The van der Waals surface area contributed by atoms with Crippen LogP contribution in [0.1, 0.15) is 49.7 Å². The van der Waals surface area contributed by atoms with E-state index in [1.807, 2.05) is 24.3 Å². The number of hydrogen-bond donors (Lipinski definition) is 2. The van der Waals surface area contributed by atoms with Crippen LogP contribution >= 0.6 is 0 Å². The Balaban J connectivity index is 1.28. The Morgan fingerprint density at radius 3 is 2.38 bits per heavy atom. The second kappa shape index (κ2) is 10.3. The summed E-state index contributed by atoms with van der Waals surface area (Å²) < 4.78 is 28.1. The Labute approximate surface area is 190 Å². The quantitative estimate of drug-likeness (QED) is 0.522. The minimum atomic E-state index is -3.49. The predicted molar refractivity (Wildman–Crippen MR) is 128 cm³/mol. The lowest BCUT2D eigenvalue weighted by atomic mass is 9.96.